The van der Waals surface area contributed by atoms with Gasteiger partial charge in [0.05, 0.1) is 19.8 Å². The minimum atomic E-state index is -0.720. The maximum Gasteiger partial charge on any atom is 0.208 e. The zero-order valence-electron chi connectivity index (χ0n) is 10.2. The molecule has 1 saturated heterocycles. The lowest BCUT2D eigenvalue weighted by atomic mass is 9.93. The minimum Gasteiger partial charge on any atom is -0.342 e. The Labute approximate surface area is 96.5 Å². The summed E-state index contributed by atoms with van der Waals surface area (Å²) < 4.78 is 11.5. The first kappa shape index (κ1) is 11.6. The van der Waals surface area contributed by atoms with Crippen LogP contribution in [-0.4, -0.2) is 19.8 Å². The van der Waals surface area contributed by atoms with Gasteiger partial charge >= 0.3 is 0 Å². The zero-order chi connectivity index (χ0) is 11.8. The van der Waals surface area contributed by atoms with Crippen LogP contribution >= 0.6 is 0 Å². The van der Waals surface area contributed by atoms with Crippen molar-refractivity contribution >= 4 is 0 Å². The van der Waals surface area contributed by atoms with Crippen LogP contribution in [0.1, 0.15) is 22.3 Å². The van der Waals surface area contributed by atoms with Gasteiger partial charge in [-0.2, -0.15) is 0 Å². The van der Waals surface area contributed by atoms with E-state index in [0.717, 1.165) is 5.56 Å². The van der Waals surface area contributed by atoms with Gasteiger partial charge in [0.1, 0.15) is 0 Å². The highest BCUT2D eigenvalue weighted by Crippen LogP contribution is 2.35. The summed E-state index contributed by atoms with van der Waals surface area (Å²) in [6.07, 6.45) is 0. The van der Waals surface area contributed by atoms with Crippen molar-refractivity contribution in [1.29, 1.82) is 0 Å². The average molecular weight is 221 g/mol. The van der Waals surface area contributed by atoms with E-state index in [1.165, 1.54) is 16.7 Å². The lowest BCUT2D eigenvalue weighted by molar-refractivity contribution is -0.157. The molecule has 0 amide bonds. The summed E-state index contributed by atoms with van der Waals surface area (Å²) in [5, 5.41) is 0. The van der Waals surface area contributed by atoms with Crippen molar-refractivity contribution in [1.82, 2.24) is 0 Å². The lowest BCUT2D eigenvalue weighted by Crippen LogP contribution is -2.37. The van der Waals surface area contributed by atoms with Crippen LogP contribution < -0.4 is 5.73 Å². The average Bonchev–Trinajstić information content (AvgIpc) is 2.66. The molecule has 1 aliphatic heterocycles. The molecule has 16 heavy (non-hydrogen) atoms. The standard InChI is InChI=1S/C13H19NO2/c1-9-6-10(2)12(11(3)7-9)13(8-14)15-4-5-16-13/h6-7H,4-5,8,14H2,1-3H3. The molecule has 0 bridgehead atoms. The molecule has 0 radical (unpaired) electrons. The topological polar surface area (TPSA) is 44.5 Å². The molecule has 1 fully saturated rings. The molecule has 1 aromatic rings. The maximum absolute atomic E-state index is 5.83. The van der Waals surface area contributed by atoms with E-state index >= 15 is 0 Å². The van der Waals surface area contributed by atoms with Crippen LogP contribution in [0, 0.1) is 20.8 Å². The van der Waals surface area contributed by atoms with E-state index in [1.807, 2.05) is 0 Å². The predicted octanol–water partition coefficient (Wildman–Crippen LogP) is 1.77. The number of hydrogen-bond donors (Lipinski definition) is 1. The molecule has 3 heteroatoms. The van der Waals surface area contributed by atoms with Crippen molar-refractivity contribution in [3.05, 3.63) is 34.4 Å². The van der Waals surface area contributed by atoms with Crippen molar-refractivity contribution in [2.24, 2.45) is 5.73 Å². The molecular weight excluding hydrogens is 202 g/mol. The zero-order valence-corrected chi connectivity index (χ0v) is 10.2. The number of ether oxygens (including phenoxy) is 2. The molecule has 0 spiro atoms. The van der Waals surface area contributed by atoms with Crippen LogP contribution in [0.15, 0.2) is 12.1 Å². The van der Waals surface area contributed by atoms with E-state index in [1.54, 1.807) is 0 Å². The van der Waals surface area contributed by atoms with Crippen molar-refractivity contribution < 1.29 is 9.47 Å². The van der Waals surface area contributed by atoms with Crippen LogP contribution in [0.4, 0.5) is 0 Å². The molecule has 2 N–H and O–H groups in total. The molecule has 3 nitrogen and oxygen atoms in total. The summed E-state index contributed by atoms with van der Waals surface area (Å²) in [7, 11) is 0. The maximum atomic E-state index is 5.83. The fraction of sp³-hybridized carbons (Fsp3) is 0.538. The van der Waals surface area contributed by atoms with Crippen LogP contribution in [0.5, 0.6) is 0 Å². The molecular formula is C13H19NO2. The Morgan fingerprint density at radius 3 is 2.06 bits per heavy atom. The summed E-state index contributed by atoms with van der Waals surface area (Å²) in [5.41, 5.74) is 10.5. The molecule has 2 rings (SSSR count). The highest BCUT2D eigenvalue weighted by molar-refractivity contribution is 5.41. The minimum absolute atomic E-state index is 0.359. The Balaban J connectivity index is 2.54. The van der Waals surface area contributed by atoms with Crippen LogP contribution in [0.25, 0.3) is 0 Å². The quantitative estimate of drug-likeness (QED) is 0.827. The molecule has 0 aromatic heterocycles. The Kier molecular flexibility index (Phi) is 3.02. The Bertz CT molecular complexity index is 372. The second-order valence-electron chi connectivity index (χ2n) is 4.43. The molecule has 0 aliphatic carbocycles. The van der Waals surface area contributed by atoms with Gasteiger partial charge < -0.3 is 15.2 Å². The van der Waals surface area contributed by atoms with Gasteiger partial charge in [-0.25, -0.2) is 0 Å². The largest absolute Gasteiger partial charge is 0.342 e. The van der Waals surface area contributed by atoms with Gasteiger partial charge in [-0.1, -0.05) is 17.7 Å². The molecule has 1 heterocycles. The number of benzene rings is 1. The Morgan fingerprint density at radius 1 is 1.12 bits per heavy atom. The van der Waals surface area contributed by atoms with Gasteiger partial charge in [0.2, 0.25) is 5.79 Å². The third kappa shape index (κ3) is 1.75. The molecule has 0 saturated carbocycles. The summed E-state index contributed by atoms with van der Waals surface area (Å²) in [5.74, 6) is -0.720. The molecule has 1 aliphatic rings. The predicted molar refractivity (Wildman–Crippen MR) is 63.3 cm³/mol. The summed E-state index contributed by atoms with van der Waals surface area (Å²) in [6.45, 7) is 7.84. The highest BCUT2D eigenvalue weighted by Gasteiger charge is 2.39. The van der Waals surface area contributed by atoms with Gasteiger partial charge in [-0.05, 0) is 31.9 Å². The second-order valence-corrected chi connectivity index (χ2v) is 4.43. The molecule has 88 valence electrons. The van der Waals surface area contributed by atoms with E-state index in [2.05, 4.69) is 32.9 Å². The van der Waals surface area contributed by atoms with Crippen molar-refractivity contribution in [3.8, 4) is 0 Å². The van der Waals surface area contributed by atoms with Gasteiger partial charge in [0.15, 0.2) is 0 Å². The molecule has 0 atom stereocenters. The van der Waals surface area contributed by atoms with E-state index in [9.17, 15) is 0 Å². The smallest absolute Gasteiger partial charge is 0.208 e. The molecule has 1 aromatic carbocycles. The van der Waals surface area contributed by atoms with Crippen LogP contribution in [0.2, 0.25) is 0 Å². The first-order valence-corrected chi connectivity index (χ1v) is 5.65. The van der Waals surface area contributed by atoms with E-state index in [4.69, 9.17) is 15.2 Å². The van der Waals surface area contributed by atoms with E-state index in [-0.39, 0.29) is 0 Å². The number of nitrogens with two attached hydrogens (primary N) is 1. The van der Waals surface area contributed by atoms with Crippen molar-refractivity contribution in [2.75, 3.05) is 19.8 Å². The number of aryl methyl sites for hydroxylation is 3. The van der Waals surface area contributed by atoms with Crippen molar-refractivity contribution in [3.63, 3.8) is 0 Å². The normalized spacial score (nSPS) is 19.0. The van der Waals surface area contributed by atoms with E-state index < -0.39 is 5.79 Å². The Hall–Kier alpha value is -0.900. The monoisotopic (exact) mass is 221 g/mol. The fourth-order valence-corrected chi connectivity index (χ4v) is 2.60. The summed E-state index contributed by atoms with van der Waals surface area (Å²) >= 11 is 0. The fourth-order valence-electron chi connectivity index (χ4n) is 2.60. The lowest BCUT2D eigenvalue weighted by Gasteiger charge is -2.29. The van der Waals surface area contributed by atoms with E-state index in [0.29, 0.717) is 19.8 Å². The number of rotatable bonds is 2. The van der Waals surface area contributed by atoms with Crippen LogP contribution in [-0.2, 0) is 15.3 Å². The van der Waals surface area contributed by atoms with Gasteiger partial charge in [-0.15, -0.1) is 0 Å². The van der Waals surface area contributed by atoms with Gasteiger partial charge in [0.25, 0.3) is 0 Å². The third-order valence-corrected chi connectivity index (χ3v) is 3.08. The third-order valence-electron chi connectivity index (χ3n) is 3.08. The first-order valence-electron chi connectivity index (χ1n) is 5.65. The summed E-state index contributed by atoms with van der Waals surface area (Å²) in [4.78, 5) is 0. The number of hydrogen-bond acceptors (Lipinski definition) is 3. The SMILES string of the molecule is Cc1cc(C)c(C2(CN)OCCO2)c(C)c1. The van der Waals surface area contributed by atoms with Crippen molar-refractivity contribution in [2.45, 2.75) is 26.6 Å². The highest BCUT2D eigenvalue weighted by atomic mass is 16.7. The van der Waals surface area contributed by atoms with Gasteiger partial charge in [-0.3, -0.25) is 0 Å². The Morgan fingerprint density at radius 2 is 1.62 bits per heavy atom. The molecule has 0 unspecified atom stereocenters. The van der Waals surface area contributed by atoms with Crippen LogP contribution in [0.3, 0.4) is 0 Å². The first-order chi connectivity index (χ1) is 7.59. The van der Waals surface area contributed by atoms with Gasteiger partial charge in [0, 0.05) is 5.56 Å². The second kappa shape index (κ2) is 4.17. The summed E-state index contributed by atoms with van der Waals surface area (Å²) in [6, 6.07) is 4.29.